The summed E-state index contributed by atoms with van der Waals surface area (Å²) in [7, 11) is -2.88. The van der Waals surface area contributed by atoms with E-state index < -0.39 is 10.2 Å². The van der Waals surface area contributed by atoms with Crippen molar-refractivity contribution in [3.63, 3.8) is 0 Å². The largest absolute Gasteiger partial charge is 0.356 e. The molecule has 0 aliphatic rings. The van der Waals surface area contributed by atoms with Crippen LogP contribution in [0, 0.1) is 0 Å². The Hall–Kier alpha value is -0.840. The molecule has 0 aliphatic heterocycles. The quantitative estimate of drug-likeness (QED) is 0.571. The topological polar surface area (TPSA) is 39.1 Å². The second-order valence-electron chi connectivity index (χ2n) is 1.95. The molecule has 0 fully saturated rings. The summed E-state index contributed by atoms with van der Waals surface area (Å²) < 4.78 is 33.9. The summed E-state index contributed by atoms with van der Waals surface area (Å²) in [6.07, 6.45) is 2.67. The first-order valence-electron chi connectivity index (χ1n) is 2.57. The van der Waals surface area contributed by atoms with E-state index in [1.807, 2.05) is 0 Å². The first-order chi connectivity index (χ1) is 4.50. The van der Waals surface area contributed by atoms with Gasteiger partial charge >= 0.3 is 10.2 Å². The molecular formula is C5H6FNO2S. The third-order valence-electron chi connectivity index (χ3n) is 1.09. The second-order valence-corrected chi connectivity index (χ2v) is 3.30. The second kappa shape index (κ2) is 2.09. The van der Waals surface area contributed by atoms with E-state index in [9.17, 15) is 12.3 Å². The van der Waals surface area contributed by atoms with E-state index in [2.05, 4.69) is 0 Å². The highest BCUT2D eigenvalue weighted by atomic mass is 32.3. The van der Waals surface area contributed by atoms with Gasteiger partial charge in [-0.05, 0) is 6.07 Å². The Kier molecular flexibility index (Phi) is 1.52. The van der Waals surface area contributed by atoms with Gasteiger partial charge in [0, 0.05) is 19.4 Å². The van der Waals surface area contributed by atoms with E-state index in [0.717, 1.165) is 0 Å². The van der Waals surface area contributed by atoms with Gasteiger partial charge < -0.3 is 4.57 Å². The molecule has 0 bridgehead atoms. The Balaban J connectivity index is 3.21. The zero-order chi connectivity index (χ0) is 7.78. The van der Waals surface area contributed by atoms with Crippen molar-refractivity contribution in [2.45, 2.75) is 4.90 Å². The minimum Gasteiger partial charge on any atom is -0.356 e. The Morgan fingerprint density at radius 2 is 2.20 bits per heavy atom. The number of aromatic nitrogens is 1. The normalized spacial score (nSPS) is 11.8. The molecule has 1 heterocycles. The summed E-state index contributed by atoms with van der Waals surface area (Å²) in [5, 5.41) is 0. The maximum Gasteiger partial charge on any atom is 0.333 e. The zero-order valence-corrected chi connectivity index (χ0v) is 6.10. The third kappa shape index (κ3) is 1.36. The van der Waals surface area contributed by atoms with Crippen LogP contribution < -0.4 is 0 Å². The van der Waals surface area contributed by atoms with Crippen LogP contribution in [0.5, 0.6) is 0 Å². The molecule has 1 aromatic rings. The van der Waals surface area contributed by atoms with E-state index in [-0.39, 0.29) is 4.90 Å². The lowest BCUT2D eigenvalue weighted by Crippen LogP contribution is -1.88. The molecule has 1 rings (SSSR count). The molecule has 0 spiro atoms. The average molecular weight is 163 g/mol. The standard InChI is InChI=1S/C5H6FNO2S/c1-7-3-2-5(4-7)10(6,8)9/h2-4H,1H3. The molecule has 0 saturated carbocycles. The Labute approximate surface area is 58.3 Å². The van der Waals surface area contributed by atoms with Crippen molar-refractivity contribution in [2.24, 2.45) is 7.05 Å². The van der Waals surface area contributed by atoms with Gasteiger partial charge in [0.25, 0.3) is 0 Å². The molecule has 0 unspecified atom stereocenters. The highest BCUT2D eigenvalue weighted by Gasteiger charge is 2.11. The molecule has 10 heavy (non-hydrogen) atoms. The van der Waals surface area contributed by atoms with Crippen LogP contribution in [0.3, 0.4) is 0 Å². The Morgan fingerprint density at radius 1 is 1.60 bits per heavy atom. The molecule has 0 atom stereocenters. The first kappa shape index (κ1) is 7.27. The van der Waals surface area contributed by atoms with Crippen molar-refractivity contribution in [1.82, 2.24) is 4.57 Å². The summed E-state index contributed by atoms with van der Waals surface area (Å²) in [4.78, 5) is -0.296. The van der Waals surface area contributed by atoms with Crippen molar-refractivity contribution in [3.8, 4) is 0 Å². The number of nitrogens with zero attached hydrogens (tertiary/aromatic N) is 1. The van der Waals surface area contributed by atoms with Crippen LogP contribution in [0.25, 0.3) is 0 Å². The molecular weight excluding hydrogens is 157 g/mol. The summed E-state index contributed by atoms with van der Waals surface area (Å²) >= 11 is 0. The first-order valence-corrected chi connectivity index (χ1v) is 3.95. The molecule has 56 valence electrons. The Bertz CT molecular complexity index is 327. The van der Waals surface area contributed by atoms with Crippen molar-refractivity contribution in [3.05, 3.63) is 18.5 Å². The summed E-state index contributed by atoms with van der Waals surface area (Å²) in [5.74, 6) is 0. The maximum absolute atomic E-state index is 12.1. The third-order valence-corrected chi connectivity index (χ3v) is 1.89. The maximum atomic E-state index is 12.1. The number of aryl methyl sites for hydroxylation is 1. The molecule has 0 radical (unpaired) electrons. The van der Waals surface area contributed by atoms with Crippen molar-refractivity contribution in [1.29, 1.82) is 0 Å². The molecule has 0 aromatic carbocycles. The lowest BCUT2D eigenvalue weighted by molar-refractivity contribution is 0.552. The van der Waals surface area contributed by atoms with Gasteiger partial charge in [-0.1, -0.05) is 0 Å². The van der Waals surface area contributed by atoms with Crippen molar-refractivity contribution in [2.75, 3.05) is 0 Å². The fourth-order valence-corrected chi connectivity index (χ4v) is 1.14. The molecule has 0 amide bonds. The highest BCUT2D eigenvalue weighted by molar-refractivity contribution is 7.86. The number of hydrogen-bond donors (Lipinski definition) is 0. The number of rotatable bonds is 1. The lowest BCUT2D eigenvalue weighted by Gasteiger charge is -1.85. The predicted molar refractivity (Wildman–Crippen MR) is 33.7 cm³/mol. The molecule has 1 aromatic heterocycles. The summed E-state index contributed by atoms with van der Waals surface area (Å²) in [5.41, 5.74) is 0. The van der Waals surface area contributed by atoms with E-state index in [0.29, 0.717) is 0 Å². The average Bonchev–Trinajstić information content (AvgIpc) is 2.11. The van der Waals surface area contributed by atoms with Gasteiger partial charge in [0.1, 0.15) is 4.90 Å². The molecule has 0 aliphatic carbocycles. The summed E-state index contributed by atoms with van der Waals surface area (Å²) in [6, 6.07) is 1.20. The smallest absolute Gasteiger partial charge is 0.333 e. The van der Waals surface area contributed by atoms with Crippen LogP contribution in [0.2, 0.25) is 0 Å². The van der Waals surface area contributed by atoms with E-state index in [4.69, 9.17) is 0 Å². The fourth-order valence-electron chi connectivity index (χ4n) is 0.622. The zero-order valence-electron chi connectivity index (χ0n) is 5.28. The van der Waals surface area contributed by atoms with Crippen molar-refractivity contribution >= 4 is 10.2 Å². The van der Waals surface area contributed by atoms with E-state index in [1.54, 1.807) is 7.05 Å². The number of halogens is 1. The van der Waals surface area contributed by atoms with Gasteiger partial charge in [-0.15, -0.1) is 3.89 Å². The Morgan fingerprint density at radius 3 is 2.40 bits per heavy atom. The fraction of sp³-hybridized carbons (Fsp3) is 0.200. The minimum atomic E-state index is -4.50. The van der Waals surface area contributed by atoms with E-state index >= 15 is 0 Å². The predicted octanol–water partition coefficient (Wildman–Crippen LogP) is 0.683. The van der Waals surface area contributed by atoms with Crippen LogP contribution in [0.15, 0.2) is 23.4 Å². The van der Waals surface area contributed by atoms with Crippen LogP contribution in [0.4, 0.5) is 3.89 Å². The molecule has 5 heteroatoms. The van der Waals surface area contributed by atoms with Gasteiger partial charge in [0.2, 0.25) is 0 Å². The van der Waals surface area contributed by atoms with Crippen LogP contribution in [-0.4, -0.2) is 13.0 Å². The van der Waals surface area contributed by atoms with Crippen LogP contribution in [-0.2, 0) is 17.3 Å². The summed E-state index contributed by atoms with van der Waals surface area (Å²) in [6.45, 7) is 0. The lowest BCUT2D eigenvalue weighted by atomic mass is 10.7. The van der Waals surface area contributed by atoms with Crippen molar-refractivity contribution < 1.29 is 12.3 Å². The molecule has 0 N–H and O–H groups in total. The SMILES string of the molecule is Cn1ccc(S(=O)(=O)F)c1. The highest BCUT2D eigenvalue weighted by Crippen LogP contribution is 2.10. The van der Waals surface area contributed by atoms with Gasteiger partial charge in [0.15, 0.2) is 0 Å². The minimum absolute atomic E-state index is 0.296. The van der Waals surface area contributed by atoms with Crippen LogP contribution in [0.1, 0.15) is 0 Å². The van der Waals surface area contributed by atoms with Gasteiger partial charge in [-0.2, -0.15) is 8.42 Å². The van der Waals surface area contributed by atoms with Crippen LogP contribution >= 0.6 is 0 Å². The molecule has 0 saturated heterocycles. The van der Waals surface area contributed by atoms with Gasteiger partial charge in [-0.25, -0.2) is 0 Å². The van der Waals surface area contributed by atoms with Gasteiger partial charge in [0.05, 0.1) is 0 Å². The monoisotopic (exact) mass is 163 g/mol. The van der Waals surface area contributed by atoms with E-state index in [1.165, 1.54) is 23.0 Å². The molecule has 3 nitrogen and oxygen atoms in total. The number of hydrogen-bond acceptors (Lipinski definition) is 2. The van der Waals surface area contributed by atoms with Gasteiger partial charge in [-0.3, -0.25) is 0 Å².